The molecule has 0 aliphatic carbocycles. The Balaban J connectivity index is 1.72. The van der Waals surface area contributed by atoms with E-state index in [0.717, 1.165) is 15.7 Å². The average Bonchev–Trinajstić information content (AvgIpc) is 2.80. The molecule has 1 aliphatic rings. The molecule has 0 radical (unpaired) electrons. The van der Waals surface area contributed by atoms with Crippen molar-refractivity contribution < 1.29 is 4.79 Å². The Bertz CT molecular complexity index is 777. The summed E-state index contributed by atoms with van der Waals surface area (Å²) in [6.45, 7) is 0.366. The molecule has 0 spiro atoms. The molecule has 23 heavy (non-hydrogen) atoms. The predicted molar refractivity (Wildman–Crippen MR) is 104 cm³/mol. The molecule has 3 rings (SSSR count). The molecular weight excluding hydrogens is 392 g/mol. The lowest BCUT2D eigenvalue weighted by Crippen LogP contribution is -2.33. The van der Waals surface area contributed by atoms with E-state index < -0.39 is 0 Å². The molecule has 1 fully saturated rings. The number of nitrogens with zero attached hydrogens (tertiary/aromatic N) is 1. The van der Waals surface area contributed by atoms with Crippen LogP contribution in [0.1, 0.15) is 5.56 Å². The third kappa shape index (κ3) is 4.02. The lowest BCUT2D eigenvalue weighted by atomic mass is 10.2. The first-order valence-corrected chi connectivity index (χ1v) is 8.95. The number of hydrogen-bond donors (Lipinski definition) is 1. The van der Waals surface area contributed by atoms with Gasteiger partial charge in [0.15, 0.2) is 0 Å². The van der Waals surface area contributed by atoms with Gasteiger partial charge in [0.1, 0.15) is 4.32 Å². The van der Waals surface area contributed by atoms with Crippen LogP contribution in [0.3, 0.4) is 0 Å². The Labute approximate surface area is 152 Å². The van der Waals surface area contributed by atoms with E-state index in [-0.39, 0.29) is 5.91 Å². The monoisotopic (exact) mass is 404 g/mol. The minimum absolute atomic E-state index is 0.0663. The largest absolute Gasteiger partial charge is 0.367 e. The van der Waals surface area contributed by atoms with Gasteiger partial charge in [-0.3, -0.25) is 9.69 Å². The van der Waals surface area contributed by atoms with Crippen molar-refractivity contribution in [3.8, 4) is 0 Å². The van der Waals surface area contributed by atoms with Crippen molar-refractivity contribution in [1.82, 2.24) is 4.90 Å². The Morgan fingerprint density at radius 1 is 1.17 bits per heavy atom. The second-order valence-electron chi connectivity index (χ2n) is 4.87. The zero-order chi connectivity index (χ0) is 16.2. The summed E-state index contributed by atoms with van der Waals surface area (Å²) in [5.74, 6) is -0.0663. The fourth-order valence-corrected chi connectivity index (χ4v) is 3.78. The fourth-order valence-electron chi connectivity index (χ4n) is 2.11. The van der Waals surface area contributed by atoms with Crippen molar-refractivity contribution in [2.75, 3.05) is 12.0 Å². The number of halogens is 1. The Morgan fingerprint density at radius 3 is 2.70 bits per heavy atom. The van der Waals surface area contributed by atoms with Gasteiger partial charge >= 0.3 is 0 Å². The number of nitrogens with one attached hydrogen (secondary N) is 1. The topological polar surface area (TPSA) is 32.3 Å². The van der Waals surface area contributed by atoms with Gasteiger partial charge in [0.2, 0.25) is 0 Å². The number of hydrogen-bond acceptors (Lipinski definition) is 4. The Kier molecular flexibility index (Phi) is 5.15. The molecule has 2 aromatic rings. The Hall–Kier alpha value is -1.63. The summed E-state index contributed by atoms with van der Waals surface area (Å²) in [7, 11) is 0. The molecule has 0 unspecified atom stereocenters. The normalized spacial score (nSPS) is 16.2. The van der Waals surface area contributed by atoms with E-state index in [1.165, 1.54) is 11.8 Å². The lowest BCUT2D eigenvalue weighted by molar-refractivity contribution is -0.121. The number of carbonyl (C=O) groups is 1. The number of thioether (sulfide) groups is 1. The number of benzene rings is 2. The predicted octanol–water partition coefficient (Wildman–Crippen LogP) is 4.72. The maximum Gasteiger partial charge on any atom is 0.267 e. The highest BCUT2D eigenvalue weighted by molar-refractivity contribution is 9.10. The van der Waals surface area contributed by atoms with E-state index in [4.69, 9.17) is 12.2 Å². The third-order valence-electron chi connectivity index (χ3n) is 3.24. The second kappa shape index (κ2) is 7.29. The molecule has 6 heteroatoms. The number of amides is 1. The van der Waals surface area contributed by atoms with Gasteiger partial charge in [0.05, 0.1) is 11.6 Å². The maximum atomic E-state index is 12.5. The molecule has 2 aromatic carbocycles. The lowest BCUT2D eigenvalue weighted by Gasteiger charge is -2.16. The molecule has 116 valence electrons. The fraction of sp³-hybridized carbons (Fsp3) is 0.0588. The number of rotatable bonds is 4. The molecule has 1 N–H and O–H groups in total. The van der Waals surface area contributed by atoms with Gasteiger partial charge in [-0.1, -0.05) is 70.2 Å². The van der Waals surface area contributed by atoms with Crippen LogP contribution < -0.4 is 5.32 Å². The quantitative estimate of drug-likeness (QED) is 0.590. The molecule has 1 heterocycles. The zero-order valence-electron chi connectivity index (χ0n) is 12.0. The van der Waals surface area contributed by atoms with Gasteiger partial charge in [-0.25, -0.2) is 0 Å². The van der Waals surface area contributed by atoms with Gasteiger partial charge in [0.25, 0.3) is 5.91 Å². The van der Waals surface area contributed by atoms with Crippen LogP contribution in [0.25, 0.3) is 6.08 Å². The van der Waals surface area contributed by atoms with Crippen LogP contribution in [0.15, 0.2) is 64.0 Å². The Morgan fingerprint density at radius 2 is 1.96 bits per heavy atom. The average molecular weight is 405 g/mol. The van der Waals surface area contributed by atoms with E-state index in [9.17, 15) is 4.79 Å². The maximum absolute atomic E-state index is 12.5. The summed E-state index contributed by atoms with van der Waals surface area (Å²) in [5, 5.41) is 3.21. The van der Waals surface area contributed by atoms with Crippen LogP contribution in [-0.4, -0.2) is 21.8 Å². The van der Waals surface area contributed by atoms with Gasteiger partial charge in [0, 0.05) is 10.2 Å². The summed E-state index contributed by atoms with van der Waals surface area (Å²) >= 11 is 10.1. The van der Waals surface area contributed by atoms with E-state index in [1.807, 2.05) is 60.7 Å². The van der Waals surface area contributed by atoms with E-state index >= 15 is 0 Å². The minimum Gasteiger partial charge on any atom is -0.367 e. The van der Waals surface area contributed by atoms with Crippen molar-refractivity contribution in [2.24, 2.45) is 0 Å². The molecular formula is C17H13BrN2OS2. The van der Waals surface area contributed by atoms with Gasteiger partial charge in [-0.15, -0.1) is 0 Å². The SMILES string of the molecule is O=C1/C(=C\c2cccc(Br)c2)SC(=S)N1CNc1ccccc1. The number of anilines is 1. The van der Waals surface area contributed by atoms with Crippen LogP contribution in [0.5, 0.6) is 0 Å². The van der Waals surface area contributed by atoms with Crippen LogP contribution in [0.4, 0.5) is 5.69 Å². The molecule has 0 atom stereocenters. The van der Waals surface area contributed by atoms with Crippen LogP contribution in [0, 0.1) is 0 Å². The van der Waals surface area contributed by atoms with E-state index in [0.29, 0.717) is 15.9 Å². The smallest absolute Gasteiger partial charge is 0.267 e. The van der Waals surface area contributed by atoms with Crippen molar-refractivity contribution in [3.63, 3.8) is 0 Å². The first kappa shape index (κ1) is 16.2. The van der Waals surface area contributed by atoms with Crippen molar-refractivity contribution in [1.29, 1.82) is 0 Å². The molecule has 1 amide bonds. The highest BCUT2D eigenvalue weighted by atomic mass is 79.9. The summed E-state index contributed by atoms with van der Waals surface area (Å²) in [4.78, 5) is 14.7. The van der Waals surface area contributed by atoms with Crippen molar-refractivity contribution in [3.05, 3.63) is 69.5 Å². The number of thiocarbonyl (C=S) groups is 1. The standard InChI is InChI=1S/C17H13BrN2OS2/c18-13-6-4-5-12(9-13)10-15-16(21)20(17(22)23-15)11-19-14-7-2-1-3-8-14/h1-10,19H,11H2/b15-10+. The van der Waals surface area contributed by atoms with E-state index in [1.54, 1.807) is 4.90 Å². The minimum atomic E-state index is -0.0663. The first-order valence-electron chi connectivity index (χ1n) is 6.93. The summed E-state index contributed by atoms with van der Waals surface area (Å²) in [5.41, 5.74) is 1.92. The highest BCUT2D eigenvalue weighted by Crippen LogP contribution is 2.32. The van der Waals surface area contributed by atoms with E-state index in [2.05, 4.69) is 21.2 Å². The van der Waals surface area contributed by atoms with Crippen LogP contribution in [0.2, 0.25) is 0 Å². The summed E-state index contributed by atoms with van der Waals surface area (Å²) < 4.78 is 1.55. The van der Waals surface area contributed by atoms with Crippen molar-refractivity contribution in [2.45, 2.75) is 0 Å². The second-order valence-corrected chi connectivity index (χ2v) is 7.46. The number of para-hydroxylation sites is 1. The molecule has 1 aliphatic heterocycles. The molecule has 0 aromatic heterocycles. The van der Waals surface area contributed by atoms with Crippen molar-refractivity contribution >= 4 is 61.9 Å². The molecule has 3 nitrogen and oxygen atoms in total. The third-order valence-corrected chi connectivity index (χ3v) is 5.11. The van der Waals surface area contributed by atoms with Gasteiger partial charge in [-0.2, -0.15) is 0 Å². The highest BCUT2D eigenvalue weighted by Gasteiger charge is 2.31. The van der Waals surface area contributed by atoms with Crippen LogP contribution >= 0.6 is 39.9 Å². The molecule has 0 saturated carbocycles. The zero-order valence-corrected chi connectivity index (χ0v) is 15.2. The van der Waals surface area contributed by atoms with Gasteiger partial charge in [-0.05, 0) is 35.9 Å². The number of carbonyl (C=O) groups excluding carboxylic acids is 1. The molecule has 0 bridgehead atoms. The molecule has 1 saturated heterocycles. The summed E-state index contributed by atoms with van der Waals surface area (Å²) in [6, 6.07) is 17.6. The summed E-state index contributed by atoms with van der Waals surface area (Å²) in [6.07, 6.45) is 1.87. The first-order chi connectivity index (χ1) is 11.1. The van der Waals surface area contributed by atoms with Crippen LogP contribution in [-0.2, 0) is 4.79 Å². The van der Waals surface area contributed by atoms with Gasteiger partial charge < -0.3 is 5.32 Å².